The zero-order valence-corrected chi connectivity index (χ0v) is 13.7. The van der Waals surface area contributed by atoms with E-state index in [1.807, 2.05) is 12.1 Å². The van der Waals surface area contributed by atoms with Gasteiger partial charge in [-0.25, -0.2) is 9.82 Å². The summed E-state index contributed by atoms with van der Waals surface area (Å²) in [4.78, 5) is 23.4. The number of nitrogens with one attached hydrogen (secondary N) is 2. The molecule has 6 nitrogen and oxygen atoms in total. The lowest BCUT2D eigenvalue weighted by Gasteiger charge is -2.04. The van der Waals surface area contributed by atoms with Crippen molar-refractivity contribution in [1.82, 2.24) is 5.43 Å². The third-order valence-electron chi connectivity index (χ3n) is 3.20. The van der Waals surface area contributed by atoms with Crippen molar-refractivity contribution >= 4 is 23.7 Å². The molecule has 0 aliphatic carbocycles. The second-order valence-corrected chi connectivity index (χ2v) is 5.12. The van der Waals surface area contributed by atoms with Crippen LogP contribution in [0.2, 0.25) is 0 Å². The lowest BCUT2D eigenvalue weighted by Crippen LogP contribution is -2.20. The molecule has 0 saturated heterocycles. The van der Waals surface area contributed by atoms with Crippen LogP contribution in [-0.4, -0.2) is 25.1 Å². The molecule has 0 heterocycles. The number of rotatable bonds is 7. The number of hydrogen-bond donors (Lipinski definition) is 2. The molecule has 25 heavy (non-hydrogen) atoms. The Balaban J connectivity index is 1.73. The van der Waals surface area contributed by atoms with Gasteiger partial charge in [0.1, 0.15) is 11.6 Å². The summed E-state index contributed by atoms with van der Waals surface area (Å²) in [7, 11) is 1.56. The van der Waals surface area contributed by atoms with Crippen LogP contribution < -0.4 is 15.5 Å². The van der Waals surface area contributed by atoms with Crippen molar-refractivity contribution in [3.05, 3.63) is 59.9 Å². The lowest BCUT2D eigenvalue weighted by atomic mass is 10.2. The molecule has 2 rings (SSSR count). The average molecular weight is 343 g/mol. The number of benzene rings is 2. The summed E-state index contributed by atoms with van der Waals surface area (Å²) in [6.45, 7) is 0. The second kappa shape index (κ2) is 9.17. The maximum absolute atomic E-state index is 12.8. The van der Waals surface area contributed by atoms with Gasteiger partial charge in [-0.2, -0.15) is 5.10 Å². The van der Waals surface area contributed by atoms with Crippen LogP contribution in [-0.2, 0) is 9.59 Å². The van der Waals surface area contributed by atoms with Crippen molar-refractivity contribution in [2.45, 2.75) is 12.8 Å². The molecule has 7 heteroatoms. The summed E-state index contributed by atoms with van der Waals surface area (Å²) < 4.78 is 17.9. The first kappa shape index (κ1) is 18.1. The lowest BCUT2D eigenvalue weighted by molar-refractivity contribution is -0.124. The Morgan fingerprint density at radius 1 is 1.12 bits per heavy atom. The van der Waals surface area contributed by atoms with Gasteiger partial charge in [-0.05, 0) is 42.0 Å². The Morgan fingerprint density at radius 3 is 2.56 bits per heavy atom. The van der Waals surface area contributed by atoms with Crippen LogP contribution in [0.25, 0.3) is 0 Å². The smallest absolute Gasteiger partial charge is 0.240 e. The first-order chi connectivity index (χ1) is 12.1. The number of carbonyl (C=O) groups is 2. The number of nitrogens with zero attached hydrogens (tertiary/aromatic N) is 1. The Hall–Kier alpha value is -3.22. The Kier molecular flexibility index (Phi) is 6.65. The van der Waals surface area contributed by atoms with Crippen LogP contribution in [0, 0.1) is 5.82 Å². The standard InChI is InChI=1S/C18H18FN3O3/c1-25-16-4-2-3-13(11-16)12-20-22-18(24)10-9-17(23)21-15-7-5-14(19)6-8-15/h2-8,11-12H,9-10H2,1H3,(H,21,23)(H,22,24)/b20-12+. The molecule has 0 bridgehead atoms. The molecule has 0 unspecified atom stereocenters. The summed E-state index contributed by atoms with van der Waals surface area (Å²) in [5.74, 6) is -0.411. The van der Waals surface area contributed by atoms with Crippen LogP contribution in [0.4, 0.5) is 10.1 Å². The number of hydrazone groups is 1. The van der Waals surface area contributed by atoms with Gasteiger partial charge in [0.25, 0.3) is 0 Å². The zero-order chi connectivity index (χ0) is 18.1. The normalized spacial score (nSPS) is 10.5. The maximum Gasteiger partial charge on any atom is 0.240 e. The summed E-state index contributed by atoms with van der Waals surface area (Å²) in [5, 5.41) is 6.42. The number of halogens is 1. The fourth-order valence-electron chi connectivity index (χ4n) is 1.94. The van der Waals surface area contributed by atoms with Crippen molar-refractivity contribution in [2.75, 3.05) is 12.4 Å². The van der Waals surface area contributed by atoms with Gasteiger partial charge in [-0.3, -0.25) is 9.59 Å². The highest BCUT2D eigenvalue weighted by atomic mass is 19.1. The van der Waals surface area contributed by atoms with Gasteiger partial charge >= 0.3 is 0 Å². The van der Waals surface area contributed by atoms with Gasteiger partial charge in [-0.1, -0.05) is 12.1 Å². The van der Waals surface area contributed by atoms with E-state index < -0.39 is 0 Å². The monoisotopic (exact) mass is 343 g/mol. The maximum atomic E-state index is 12.8. The van der Waals surface area contributed by atoms with Crippen LogP contribution >= 0.6 is 0 Å². The van der Waals surface area contributed by atoms with Crippen LogP contribution in [0.5, 0.6) is 5.75 Å². The molecule has 130 valence electrons. The first-order valence-electron chi connectivity index (χ1n) is 7.58. The van der Waals surface area contributed by atoms with Gasteiger partial charge in [0, 0.05) is 18.5 Å². The molecular weight excluding hydrogens is 325 g/mol. The molecule has 0 fully saturated rings. The van der Waals surface area contributed by atoms with Gasteiger partial charge in [0.05, 0.1) is 13.3 Å². The second-order valence-electron chi connectivity index (χ2n) is 5.12. The molecule has 0 atom stereocenters. The van der Waals surface area contributed by atoms with Crippen molar-refractivity contribution in [3.8, 4) is 5.75 Å². The molecule has 0 radical (unpaired) electrons. The number of anilines is 1. The minimum Gasteiger partial charge on any atom is -0.497 e. The van der Waals surface area contributed by atoms with E-state index in [2.05, 4.69) is 15.8 Å². The molecule has 0 spiro atoms. The highest BCUT2D eigenvalue weighted by Gasteiger charge is 2.06. The molecule has 0 aliphatic rings. The van der Waals surface area contributed by atoms with Gasteiger partial charge in [-0.15, -0.1) is 0 Å². The van der Waals surface area contributed by atoms with Gasteiger partial charge in [0.15, 0.2) is 0 Å². The van der Waals surface area contributed by atoms with Crippen molar-refractivity contribution in [3.63, 3.8) is 0 Å². The van der Waals surface area contributed by atoms with E-state index in [4.69, 9.17) is 4.74 Å². The van der Waals surface area contributed by atoms with Gasteiger partial charge in [0.2, 0.25) is 11.8 Å². The third-order valence-corrected chi connectivity index (χ3v) is 3.20. The van der Waals surface area contributed by atoms with Crippen molar-refractivity contribution < 1.29 is 18.7 Å². The molecule has 2 amide bonds. The highest BCUT2D eigenvalue weighted by Crippen LogP contribution is 2.11. The molecule has 2 aromatic carbocycles. The number of ether oxygens (including phenoxy) is 1. The Labute approximate surface area is 144 Å². The summed E-state index contributed by atoms with van der Waals surface area (Å²) in [5.41, 5.74) is 3.60. The highest BCUT2D eigenvalue weighted by molar-refractivity contribution is 5.93. The summed E-state index contributed by atoms with van der Waals surface area (Å²) in [6.07, 6.45) is 1.47. The summed E-state index contributed by atoms with van der Waals surface area (Å²) >= 11 is 0. The number of carbonyl (C=O) groups excluding carboxylic acids is 2. The van der Waals surface area contributed by atoms with E-state index in [1.54, 1.807) is 19.2 Å². The van der Waals surface area contributed by atoms with Crippen LogP contribution in [0.3, 0.4) is 0 Å². The molecule has 0 aromatic heterocycles. The predicted molar refractivity (Wildman–Crippen MR) is 93.0 cm³/mol. The van der Waals surface area contributed by atoms with E-state index in [1.165, 1.54) is 30.5 Å². The minimum atomic E-state index is -0.383. The number of methoxy groups -OCH3 is 1. The SMILES string of the molecule is COc1cccc(/C=N/NC(=O)CCC(=O)Nc2ccc(F)cc2)c1. The predicted octanol–water partition coefficient (Wildman–Crippen LogP) is 2.70. The topological polar surface area (TPSA) is 79.8 Å². The largest absolute Gasteiger partial charge is 0.497 e. The van der Waals surface area contributed by atoms with Crippen molar-refractivity contribution in [2.24, 2.45) is 5.10 Å². The number of hydrogen-bond acceptors (Lipinski definition) is 4. The number of amides is 2. The molecule has 2 N–H and O–H groups in total. The fraction of sp³-hybridized carbons (Fsp3) is 0.167. The molecule has 0 aliphatic heterocycles. The van der Waals surface area contributed by atoms with E-state index in [0.29, 0.717) is 11.4 Å². The van der Waals surface area contributed by atoms with E-state index in [9.17, 15) is 14.0 Å². The minimum absolute atomic E-state index is 0.00209. The Bertz CT molecular complexity index is 760. The quantitative estimate of drug-likeness (QED) is 0.599. The van der Waals surface area contributed by atoms with E-state index in [0.717, 1.165) is 5.56 Å². The van der Waals surface area contributed by atoms with Crippen LogP contribution in [0.15, 0.2) is 53.6 Å². The van der Waals surface area contributed by atoms with Gasteiger partial charge < -0.3 is 10.1 Å². The first-order valence-corrected chi connectivity index (χ1v) is 7.58. The van der Waals surface area contributed by atoms with Crippen LogP contribution in [0.1, 0.15) is 18.4 Å². The Morgan fingerprint density at radius 2 is 1.84 bits per heavy atom. The van der Waals surface area contributed by atoms with Crippen molar-refractivity contribution in [1.29, 1.82) is 0 Å². The average Bonchev–Trinajstić information content (AvgIpc) is 2.62. The molecule has 0 saturated carbocycles. The fourth-order valence-corrected chi connectivity index (χ4v) is 1.94. The molecular formula is C18H18FN3O3. The van der Waals surface area contributed by atoms with E-state index in [-0.39, 0.29) is 30.5 Å². The van der Waals surface area contributed by atoms with E-state index >= 15 is 0 Å². The third kappa shape index (κ3) is 6.42. The zero-order valence-electron chi connectivity index (χ0n) is 13.7. The molecule has 2 aromatic rings. The summed E-state index contributed by atoms with van der Waals surface area (Å²) in [6, 6.07) is 12.6.